The van der Waals surface area contributed by atoms with Gasteiger partial charge in [0.25, 0.3) is 0 Å². The third-order valence-corrected chi connectivity index (χ3v) is 2.40. The highest BCUT2D eigenvalue weighted by Gasteiger charge is 1.97. The van der Waals surface area contributed by atoms with E-state index in [2.05, 4.69) is 15.3 Å². The maximum Gasteiger partial charge on any atom is 0.130 e. The van der Waals surface area contributed by atoms with Crippen LogP contribution in [0.5, 0.6) is 0 Å². The molecule has 1 aromatic rings. The maximum atomic E-state index is 5.64. The van der Waals surface area contributed by atoms with E-state index in [0.29, 0.717) is 0 Å². The molecule has 0 radical (unpaired) electrons. The van der Waals surface area contributed by atoms with Crippen molar-refractivity contribution in [3.05, 3.63) is 12.4 Å². The van der Waals surface area contributed by atoms with Crippen LogP contribution in [0.15, 0.2) is 17.4 Å². The Morgan fingerprint density at radius 1 is 1.57 bits per heavy atom. The molecule has 4 nitrogen and oxygen atoms in total. The molecular formula is C9H16N4S. The van der Waals surface area contributed by atoms with Crippen molar-refractivity contribution in [1.29, 1.82) is 0 Å². The molecule has 5 heteroatoms. The van der Waals surface area contributed by atoms with Crippen molar-refractivity contribution in [1.82, 2.24) is 9.97 Å². The Morgan fingerprint density at radius 2 is 2.36 bits per heavy atom. The molecule has 0 fully saturated rings. The minimum atomic E-state index is 0.226. The van der Waals surface area contributed by atoms with E-state index in [9.17, 15) is 0 Å². The molecule has 1 unspecified atom stereocenters. The first-order valence-electron chi connectivity index (χ1n) is 4.58. The summed E-state index contributed by atoms with van der Waals surface area (Å²) in [6.07, 6.45) is 4.51. The van der Waals surface area contributed by atoms with Crippen molar-refractivity contribution >= 4 is 17.6 Å². The lowest BCUT2D eigenvalue weighted by molar-refractivity contribution is 0.689. The standard InChI is InChI=1S/C9H16N4S/c1-7(10)3-4-11-8-5-9(14-2)13-6-12-8/h5-7H,3-4,10H2,1-2H3,(H,11,12,13). The fourth-order valence-corrected chi connectivity index (χ4v) is 1.36. The maximum absolute atomic E-state index is 5.64. The first-order chi connectivity index (χ1) is 6.72. The minimum absolute atomic E-state index is 0.226. The second-order valence-electron chi connectivity index (χ2n) is 3.14. The van der Waals surface area contributed by atoms with Crippen LogP contribution in [-0.2, 0) is 0 Å². The topological polar surface area (TPSA) is 63.8 Å². The van der Waals surface area contributed by atoms with Crippen molar-refractivity contribution in [2.24, 2.45) is 5.73 Å². The largest absolute Gasteiger partial charge is 0.370 e. The SMILES string of the molecule is CSc1cc(NCCC(C)N)ncn1. The lowest BCUT2D eigenvalue weighted by atomic mass is 10.2. The monoisotopic (exact) mass is 212 g/mol. The number of anilines is 1. The van der Waals surface area contributed by atoms with Gasteiger partial charge in [-0.15, -0.1) is 11.8 Å². The lowest BCUT2D eigenvalue weighted by Gasteiger charge is -2.07. The van der Waals surface area contributed by atoms with E-state index in [1.54, 1.807) is 18.1 Å². The zero-order valence-electron chi connectivity index (χ0n) is 8.53. The number of hydrogen-bond acceptors (Lipinski definition) is 5. The molecule has 3 N–H and O–H groups in total. The van der Waals surface area contributed by atoms with Gasteiger partial charge in [0.15, 0.2) is 0 Å². The molecule has 78 valence electrons. The highest BCUT2D eigenvalue weighted by molar-refractivity contribution is 7.98. The second kappa shape index (κ2) is 5.82. The van der Waals surface area contributed by atoms with Crippen LogP contribution in [0.25, 0.3) is 0 Å². The first-order valence-corrected chi connectivity index (χ1v) is 5.80. The Balaban J connectivity index is 2.42. The fraction of sp³-hybridized carbons (Fsp3) is 0.556. The Kier molecular flexibility index (Phi) is 4.69. The van der Waals surface area contributed by atoms with Gasteiger partial charge in [0.1, 0.15) is 17.2 Å². The molecule has 0 aliphatic carbocycles. The summed E-state index contributed by atoms with van der Waals surface area (Å²) in [5.41, 5.74) is 5.64. The van der Waals surface area contributed by atoms with Gasteiger partial charge in [0.05, 0.1) is 0 Å². The van der Waals surface area contributed by atoms with E-state index in [4.69, 9.17) is 5.73 Å². The van der Waals surface area contributed by atoms with Crippen molar-refractivity contribution in [3.8, 4) is 0 Å². The van der Waals surface area contributed by atoms with Crippen LogP contribution in [0.1, 0.15) is 13.3 Å². The van der Waals surface area contributed by atoms with Gasteiger partial charge >= 0.3 is 0 Å². The number of nitrogens with two attached hydrogens (primary N) is 1. The van der Waals surface area contributed by atoms with E-state index >= 15 is 0 Å². The molecule has 0 amide bonds. The molecule has 0 saturated heterocycles. The number of rotatable bonds is 5. The Bertz CT molecular complexity index is 277. The summed E-state index contributed by atoms with van der Waals surface area (Å²) in [5.74, 6) is 0.866. The molecule has 1 heterocycles. The van der Waals surface area contributed by atoms with Crippen molar-refractivity contribution < 1.29 is 0 Å². The van der Waals surface area contributed by atoms with Crippen molar-refractivity contribution in [2.75, 3.05) is 18.1 Å². The number of nitrogens with zero attached hydrogens (tertiary/aromatic N) is 2. The quantitative estimate of drug-likeness (QED) is 0.570. The average Bonchev–Trinajstić information content (AvgIpc) is 2.18. The summed E-state index contributed by atoms with van der Waals surface area (Å²) in [5, 5.41) is 4.18. The smallest absolute Gasteiger partial charge is 0.130 e. The molecule has 0 spiro atoms. The van der Waals surface area contributed by atoms with Gasteiger partial charge in [-0.3, -0.25) is 0 Å². The van der Waals surface area contributed by atoms with Crippen LogP contribution >= 0.6 is 11.8 Å². The van der Waals surface area contributed by atoms with E-state index in [0.717, 1.165) is 23.8 Å². The molecule has 14 heavy (non-hydrogen) atoms. The fourth-order valence-electron chi connectivity index (χ4n) is 0.976. The molecule has 0 aliphatic rings. The number of hydrogen-bond donors (Lipinski definition) is 2. The van der Waals surface area contributed by atoms with Crippen LogP contribution in [0.3, 0.4) is 0 Å². The van der Waals surface area contributed by atoms with Crippen LogP contribution in [0.4, 0.5) is 5.82 Å². The molecule has 1 aromatic heterocycles. The summed E-state index contributed by atoms with van der Waals surface area (Å²) in [6, 6.07) is 2.16. The average molecular weight is 212 g/mol. The Morgan fingerprint density at radius 3 is 3.00 bits per heavy atom. The van der Waals surface area contributed by atoms with Gasteiger partial charge < -0.3 is 11.1 Å². The van der Waals surface area contributed by atoms with Gasteiger partial charge in [-0.25, -0.2) is 9.97 Å². The van der Waals surface area contributed by atoms with Gasteiger partial charge in [-0.1, -0.05) is 0 Å². The minimum Gasteiger partial charge on any atom is -0.370 e. The summed E-state index contributed by atoms with van der Waals surface area (Å²) >= 11 is 1.61. The number of aromatic nitrogens is 2. The molecule has 0 aromatic carbocycles. The summed E-state index contributed by atoms with van der Waals surface area (Å²) in [7, 11) is 0. The normalized spacial score (nSPS) is 12.5. The molecule has 0 bridgehead atoms. The number of thioether (sulfide) groups is 1. The van der Waals surface area contributed by atoms with Crippen LogP contribution in [0, 0.1) is 0 Å². The van der Waals surface area contributed by atoms with E-state index in [1.807, 2.05) is 19.2 Å². The van der Waals surface area contributed by atoms with E-state index < -0.39 is 0 Å². The highest BCUT2D eigenvalue weighted by atomic mass is 32.2. The zero-order valence-corrected chi connectivity index (χ0v) is 9.34. The van der Waals surface area contributed by atoms with Crippen molar-refractivity contribution in [3.63, 3.8) is 0 Å². The summed E-state index contributed by atoms with van der Waals surface area (Å²) in [6.45, 7) is 2.84. The summed E-state index contributed by atoms with van der Waals surface area (Å²) in [4.78, 5) is 8.20. The molecule has 1 rings (SSSR count). The van der Waals surface area contributed by atoms with Crippen LogP contribution in [-0.4, -0.2) is 28.8 Å². The Hall–Kier alpha value is -0.810. The number of nitrogens with one attached hydrogen (secondary N) is 1. The third-order valence-electron chi connectivity index (χ3n) is 1.76. The van der Waals surface area contributed by atoms with Gasteiger partial charge in [0.2, 0.25) is 0 Å². The molecule has 0 aliphatic heterocycles. The second-order valence-corrected chi connectivity index (χ2v) is 3.96. The highest BCUT2D eigenvalue weighted by Crippen LogP contribution is 2.13. The summed E-state index contributed by atoms with van der Waals surface area (Å²) < 4.78 is 0. The third kappa shape index (κ3) is 3.93. The van der Waals surface area contributed by atoms with E-state index in [-0.39, 0.29) is 6.04 Å². The molecular weight excluding hydrogens is 196 g/mol. The predicted molar refractivity (Wildman–Crippen MR) is 60.6 cm³/mol. The molecule has 1 atom stereocenters. The van der Waals surface area contributed by atoms with Crippen LogP contribution < -0.4 is 11.1 Å². The molecule has 0 saturated carbocycles. The van der Waals surface area contributed by atoms with Gasteiger partial charge in [-0.2, -0.15) is 0 Å². The van der Waals surface area contributed by atoms with Crippen LogP contribution in [0.2, 0.25) is 0 Å². The van der Waals surface area contributed by atoms with Crippen molar-refractivity contribution in [2.45, 2.75) is 24.4 Å². The van der Waals surface area contributed by atoms with E-state index in [1.165, 1.54) is 0 Å². The first kappa shape index (κ1) is 11.3. The predicted octanol–water partition coefficient (Wildman–Crippen LogP) is 1.35. The van der Waals surface area contributed by atoms with Gasteiger partial charge in [0, 0.05) is 18.7 Å². The Labute approximate surface area is 88.7 Å². The zero-order chi connectivity index (χ0) is 10.4. The van der Waals surface area contributed by atoms with Gasteiger partial charge in [-0.05, 0) is 19.6 Å². The lowest BCUT2D eigenvalue weighted by Crippen LogP contribution is -2.19.